The summed E-state index contributed by atoms with van der Waals surface area (Å²) in [6, 6.07) is 9.49. The zero-order valence-corrected chi connectivity index (χ0v) is 13.3. The fourth-order valence-corrected chi connectivity index (χ4v) is 1.87. The second-order valence-corrected chi connectivity index (χ2v) is 5.79. The van der Waals surface area contributed by atoms with Gasteiger partial charge in [0, 0.05) is 17.8 Å². The Labute approximate surface area is 126 Å². The highest BCUT2D eigenvalue weighted by Crippen LogP contribution is 2.19. The van der Waals surface area contributed by atoms with Gasteiger partial charge < -0.3 is 11.1 Å². The zero-order chi connectivity index (χ0) is 13.5. The summed E-state index contributed by atoms with van der Waals surface area (Å²) in [6.45, 7) is 4.65. The predicted octanol–water partition coefficient (Wildman–Crippen LogP) is 2.61. The fraction of sp³-hybridized carbons (Fsp3) is 0.500. The van der Waals surface area contributed by atoms with Crippen LogP contribution in [0.1, 0.15) is 25.5 Å². The van der Waals surface area contributed by atoms with Crippen molar-refractivity contribution in [3.05, 3.63) is 35.9 Å². The van der Waals surface area contributed by atoms with Gasteiger partial charge in [-0.3, -0.25) is 4.79 Å². The molecule has 108 valence electrons. The summed E-state index contributed by atoms with van der Waals surface area (Å²) in [4.78, 5) is 12.0. The Morgan fingerprint density at radius 3 is 2.42 bits per heavy atom. The van der Waals surface area contributed by atoms with Crippen LogP contribution in [0.3, 0.4) is 0 Å². The number of nitrogens with one attached hydrogen (secondary N) is 1. The minimum absolute atomic E-state index is 0. The summed E-state index contributed by atoms with van der Waals surface area (Å²) >= 11 is 1.74. The molecule has 0 spiro atoms. The number of hydrogen-bond acceptors (Lipinski definition) is 3. The molecule has 1 amide bonds. The van der Waals surface area contributed by atoms with E-state index in [0.29, 0.717) is 11.8 Å². The molecule has 5 heteroatoms. The molecule has 1 aromatic carbocycles. The van der Waals surface area contributed by atoms with Crippen LogP contribution in [0, 0.1) is 5.92 Å². The Morgan fingerprint density at radius 1 is 1.32 bits per heavy atom. The highest BCUT2D eigenvalue weighted by molar-refractivity contribution is 7.99. The Bertz CT molecular complexity index is 375. The van der Waals surface area contributed by atoms with Gasteiger partial charge in [-0.15, -0.1) is 12.4 Å². The van der Waals surface area contributed by atoms with Gasteiger partial charge in [0.2, 0.25) is 5.91 Å². The molecule has 0 saturated heterocycles. The topological polar surface area (TPSA) is 55.1 Å². The van der Waals surface area contributed by atoms with Gasteiger partial charge in [-0.2, -0.15) is 11.8 Å². The molecular weight excluding hydrogens is 280 g/mol. The monoisotopic (exact) mass is 302 g/mol. The quantitative estimate of drug-likeness (QED) is 0.849. The van der Waals surface area contributed by atoms with Gasteiger partial charge in [-0.25, -0.2) is 0 Å². The Balaban J connectivity index is 0.00000324. The van der Waals surface area contributed by atoms with Gasteiger partial charge in [0.05, 0.1) is 5.92 Å². The van der Waals surface area contributed by atoms with E-state index in [2.05, 4.69) is 12.2 Å². The molecule has 1 aromatic rings. The van der Waals surface area contributed by atoms with Crippen molar-refractivity contribution in [2.24, 2.45) is 11.7 Å². The molecule has 3 nitrogen and oxygen atoms in total. The van der Waals surface area contributed by atoms with Crippen LogP contribution < -0.4 is 11.1 Å². The molecule has 0 aliphatic rings. The minimum atomic E-state index is -0.254. The molecule has 0 saturated carbocycles. The molecule has 3 atom stereocenters. The highest BCUT2D eigenvalue weighted by atomic mass is 35.5. The molecule has 0 radical (unpaired) electrons. The summed E-state index contributed by atoms with van der Waals surface area (Å²) in [5.74, 6) is -0.200. The molecule has 0 fully saturated rings. The molecular formula is C14H23ClN2OS. The fourth-order valence-electron chi connectivity index (χ4n) is 1.62. The highest BCUT2D eigenvalue weighted by Gasteiger charge is 2.21. The van der Waals surface area contributed by atoms with Crippen molar-refractivity contribution in [2.75, 3.05) is 12.8 Å². The molecule has 0 aliphatic heterocycles. The summed E-state index contributed by atoms with van der Waals surface area (Å²) in [5, 5.41) is 3.37. The molecule has 0 heterocycles. The first-order chi connectivity index (χ1) is 8.56. The SMILES string of the molecule is CSC(C)CNC(=O)C(C)C(N)c1ccccc1.Cl. The molecule has 3 N–H and O–H groups in total. The van der Waals surface area contributed by atoms with E-state index in [4.69, 9.17) is 5.73 Å². The van der Waals surface area contributed by atoms with Crippen molar-refractivity contribution < 1.29 is 4.79 Å². The second-order valence-electron chi connectivity index (χ2n) is 4.52. The van der Waals surface area contributed by atoms with Gasteiger partial charge in [-0.05, 0) is 11.8 Å². The predicted molar refractivity (Wildman–Crippen MR) is 85.8 cm³/mol. The number of hydrogen-bond donors (Lipinski definition) is 2. The summed E-state index contributed by atoms with van der Waals surface area (Å²) < 4.78 is 0. The second kappa shape index (κ2) is 9.23. The smallest absolute Gasteiger partial charge is 0.224 e. The van der Waals surface area contributed by atoms with Gasteiger partial charge in [-0.1, -0.05) is 44.2 Å². The van der Waals surface area contributed by atoms with E-state index in [1.54, 1.807) is 11.8 Å². The van der Waals surface area contributed by atoms with Crippen LogP contribution in [-0.2, 0) is 4.79 Å². The summed E-state index contributed by atoms with van der Waals surface area (Å²) in [7, 11) is 0. The van der Waals surface area contributed by atoms with Gasteiger partial charge in [0.15, 0.2) is 0 Å². The Morgan fingerprint density at radius 2 is 1.89 bits per heavy atom. The van der Waals surface area contributed by atoms with Gasteiger partial charge >= 0.3 is 0 Å². The average Bonchev–Trinajstić information content (AvgIpc) is 2.43. The molecule has 0 aromatic heterocycles. The number of thioether (sulfide) groups is 1. The first-order valence-corrected chi connectivity index (χ1v) is 7.46. The maximum atomic E-state index is 12.0. The first kappa shape index (κ1) is 18.3. The third kappa shape index (κ3) is 5.85. The normalized spacial score (nSPS) is 14.9. The standard InChI is InChI=1S/C14H22N2OS.ClH/c1-10(18-3)9-16-14(17)11(2)13(15)12-7-5-4-6-8-12;/h4-8,10-11,13H,9,15H2,1-3H3,(H,16,17);1H. The zero-order valence-electron chi connectivity index (χ0n) is 11.6. The Kier molecular flexibility index (Phi) is 8.89. The van der Waals surface area contributed by atoms with E-state index in [1.807, 2.05) is 43.5 Å². The van der Waals surface area contributed by atoms with Crippen molar-refractivity contribution >= 4 is 30.1 Å². The van der Waals surface area contributed by atoms with Crippen LogP contribution in [0.4, 0.5) is 0 Å². The number of rotatable bonds is 6. The van der Waals surface area contributed by atoms with Crippen LogP contribution in [0.15, 0.2) is 30.3 Å². The molecule has 19 heavy (non-hydrogen) atoms. The Hall–Kier alpha value is -0.710. The maximum Gasteiger partial charge on any atom is 0.224 e. The number of nitrogens with two attached hydrogens (primary N) is 1. The van der Waals surface area contributed by atoms with E-state index >= 15 is 0 Å². The maximum absolute atomic E-state index is 12.0. The lowest BCUT2D eigenvalue weighted by molar-refractivity contribution is -0.125. The van der Waals surface area contributed by atoms with Crippen LogP contribution in [0.25, 0.3) is 0 Å². The number of carbonyl (C=O) groups excluding carboxylic acids is 1. The van der Waals surface area contributed by atoms with Crippen LogP contribution in [0.5, 0.6) is 0 Å². The van der Waals surface area contributed by atoms with Crippen molar-refractivity contribution in [2.45, 2.75) is 25.1 Å². The van der Waals surface area contributed by atoms with E-state index in [1.165, 1.54) is 0 Å². The minimum Gasteiger partial charge on any atom is -0.355 e. The average molecular weight is 303 g/mol. The van der Waals surface area contributed by atoms with E-state index in [9.17, 15) is 4.79 Å². The lowest BCUT2D eigenvalue weighted by Crippen LogP contribution is -2.38. The third-order valence-electron chi connectivity index (χ3n) is 3.10. The van der Waals surface area contributed by atoms with Crippen molar-refractivity contribution in [3.8, 4) is 0 Å². The number of carbonyl (C=O) groups is 1. The van der Waals surface area contributed by atoms with Crippen LogP contribution in [-0.4, -0.2) is 24.0 Å². The summed E-state index contributed by atoms with van der Waals surface area (Å²) in [6.07, 6.45) is 2.04. The third-order valence-corrected chi connectivity index (χ3v) is 4.07. The number of benzene rings is 1. The van der Waals surface area contributed by atoms with Gasteiger partial charge in [0.25, 0.3) is 0 Å². The lowest BCUT2D eigenvalue weighted by atomic mass is 9.95. The number of halogens is 1. The van der Waals surface area contributed by atoms with E-state index in [0.717, 1.165) is 5.56 Å². The molecule has 1 rings (SSSR count). The van der Waals surface area contributed by atoms with Crippen molar-refractivity contribution in [3.63, 3.8) is 0 Å². The first-order valence-electron chi connectivity index (χ1n) is 6.17. The van der Waals surface area contributed by atoms with E-state index < -0.39 is 0 Å². The largest absolute Gasteiger partial charge is 0.355 e. The molecule has 0 bridgehead atoms. The number of amides is 1. The summed E-state index contributed by atoms with van der Waals surface area (Å²) in [5.41, 5.74) is 7.11. The molecule has 0 aliphatic carbocycles. The van der Waals surface area contributed by atoms with E-state index in [-0.39, 0.29) is 30.3 Å². The van der Waals surface area contributed by atoms with Crippen LogP contribution >= 0.6 is 24.2 Å². The lowest BCUT2D eigenvalue weighted by Gasteiger charge is -2.20. The van der Waals surface area contributed by atoms with Crippen molar-refractivity contribution in [1.29, 1.82) is 0 Å². The van der Waals surface area contributed by atoms with Crippen LogP contribution in [0.2, 0.25) is 0 Å². The van der Waals surface area contributed by atoms with Crippen molar-refractivity contribution in [1.82, 2.24) is 5.32 Å². The van der Waals surface area contributed by atoms with Gasteiger partial charge in [0.1, 0.15) is 0 Å². The molecule has 3 unspecified atom stereocenters.